The van der Waals surface area contributed by atoms with E-state index >= 15 is 0 Å². The average Bonchev–Trinajstić information content (AvgIpc) is 2.74. The maximum atomic E-state index is 11.8. The summed E-state index contributed by atoms with van der Waals surface area (Å²) in [6, 6.07) is 12.1. The van der Waals surface area contributed by atoms with E-state index in [1.54, 1.807) is 11.3 Å². The van der Waals surface area contributed by atoms with Gasteiger partial charge in [0.1, 0.15) is 5.78 Å². The molecule has 0 aliphatic heterocycles. The van der Waals surface area contributed by atoms with Crippen LogP contribution >= 0.6 is 33.9 Å². The summed E-state index contributed by atoms with van der Waals surface area (Å²) < 4.78 is 1.20. The summed E-state index contributed by atoms with van der Waals surface area (Å²) in [5.41, 5.74) is 1.10. The van der Waals surface area contributed by atoms with Crippen LogP contribution in [0.1, 0.15) is 10.4 Å². The van der Waals surface area contributed by atoms with Crippen LogP contribution in [0.2, 0.25) is 0 Å². The first kappa shape index (κ1) is 11.8. The lowest BCUT2D eigenvalue weighted by Gasteiger charge is -2.00. The van der Waals surface area contributed by atoms with Gasteiger partial charge in [0.05, 0.1) is 0 Å². The van der Waals surface area contributed by atoms with Gasteiger partial charge in [0.25, 0.3) is 0 Å². The zero-order valence-corrected chi connectivity index (χ0v) is 11.6. The Labute approximate surface area is 113 Å². The first-order chi connectivity index (χ1) is 7.74. The van der Waals surface area contributed by atoms with Gasteiger partial charge in [-0.2, -0.15) is 0 Å². The Morgan fingerprint density at radius 3 is 2.50 bits per heavy atom. The minimum Gasteiger partial charge on any atom is -0.299 e. The van der Waals surface area contributed by atoms with Crippen LogP contribution in [0.3, 0.4) is 0 Å². The standard InChI is InChI=1S/C13H11IOS/c14-11-5-3-10(4-6-11)8-12(15)9-13-2-1-7-16-13/h1-7H,8-9H2. The molecule has 0 saturated carbocycles. The number of halogens is 1. The maximum absolute atomic E-state index is 11.8. The molecule has 0 saturated heterocycles. The summed E-state index contributed by atoms with van der Waals surface area (Å²) in [5.74, 6) is 0.281. The van der Waals surface area contributed by atoms with Crippen molar-refractivity contribution in [1.82, 2.24) is 0 Å². The Bertz CT molecular complexity index is 459. The number of carbonyl (C=O) groups excluding carboxylic acids is 1. The number of carbonyl (C=O) groups is 1. The topological polar surface area (TPSA) is 17.1 Å². The third-order valence-corrected chi connectivity index (χ3v) is 3.86. The van der Waals surface area contributed by atoms with Crippen molar-refractivity contribution in [2.24, 2.45) is 0 Å². The number of hydrogen-bond donors (Lipinski definition) is 0. The van der Waals surface area contributed by atoms with Crippen molar-refractivity contribution >= 4 is 39.7 Å². The maximum Gasteiger partial charge on any atom is 0.142 e. The van der Waals surface area contributed by atoms with Crippen LogP contribution in [0.25, 0.3) is 0 Å². The smallest absolute Gasteiger partial charge is 0.142 e. The van der Waals surface area contributed by atoms with E-state index in [0.717, 1.165) is 10.4 Å². The van der Waals surface area contributed by atoms with Crippen molar-refractivity contribution in [2.45, 2.75) is 12.8 Å². The molecule has 1 heterocycles. The Morgan fingerprint density at radius 1 is 1.12 bits per heavy atom. The van der Waals surface area contributed by atoms with Gasteiger partial charge < -0.3 is 0 Å². The van der Waals surface area contributed by atoms with Crippen molar-refractivity contribution in [2.75, 3.05) is 0 Å². The van der Waals surface area contributed by atoms with Crippen molar-refractivity contribution < 1.29 is 4.79 Å². The molecule has 16 heavy (non-hydrogen) atoms. The molecule has 0 bridgehead atoms. The lowest BCUT2D eigenvalue weighted by Crippen LogP contribution is -2.05. The Morgan fingerprint density at radius 2 is 1.88 bits per heavy atom. The summed E-state index contributed by atoms with van der Waals surface area (Å²) in [6.45, 7) is 0. The fraction of sp³-hybridized carbons (Fsp3) is 0.154. The molecule has 0 atom stereocenters. The monoisotopic (exact) mass is 342 g/mol. The largest absolute Gasteiger partial charge is 0.299 e. The van der Waals surface area contributed by atoms with Crippen LogP contribution in [0.15, 0.2) is 41.8 Å². The molecule has 3 heteroatoms. The molecular formula is C13H11IOS. The lowest BCUT2D eigenvalue weighted by molar-refractivity contribution is -0.117. The van der Waals surface area contributed by atoms with Gasteiger partial charge >= 0.3 is 0 Å². The molecule has 2 aromatic rings. The summed E-state index contributed by atoms with van der Waals surface area (Å²) in [7, 11) is 0. The fourth-order valence-electron chi connectivity index (χ4n) is 1.50. The van der Waals surface area contributed by atoms with Crippen molar-refractivity contribution in [3.8, 4) is 0 Å². The molecule has 1 nitrogen and oxygen atoms in total. The minimum atomic E-state index is 0.281. The van der Waals surface area contributed by atoms with E-state index in [2.05, 4.69) is 22.6 Å². The molecule has 2 rings (SSSR count). The SMILES string of the molecule is O=C(Cc1ccc(I)cc1)Cc1cccs1. The summed E-state index contributed by atoms with van der Waals surface area (Å²) in [4.78, 5) is 12.9. The van der Waals surface area contributed by atoms with E-state index in [4.69, 9.17) is 0 Å². The summed E-state index contributed by atoms with van der Waals surface area (Å²) in [5, 5.41) is 2.01. The van der Waals surface area contributed by atoms with Gasteiger partial charge in [-0.15, -0.1) is 11.3 Å². The number of rotatable bonds is 4. The lowest BCUT2D eigenvalue weighted by atomic mass is 10.1. The van der Waals surface area contributed by atoms with Gasteiger partial charge in [0.2, 0.25) is 0 Å². The molecule has 1 aromatic carbocycles. The Hall–Kier alpha value is -0.680. The Balaban J connectivity index is 1.95. The van der Waals surface area contributed by atoms with Crippen molar-refractivity contribution in [3.05, 3.63) is 55.8 Å². The highest BCUT2D eigenvalue weighted by molar-refractivity contribution is 14.1. The van der Waals surface area contributed by atoms with Crippen LogP contribution in [-0.4, -0.2) is 5.78 Å². The van der Waals surface area contributed by atoms with E-state index in [-0.39, 0.29) is 5.78 Å². The van der Waals surface area contributed by atoms with E-state index in [0.29, 0.717) is 12.8 Å². The van der Waals surface area contributed by atoms with E-state index < -0.39 is 0 Å². The number of ketones is 1. The third-order valence-electron chi connectivity index (χ3n) is 2.27. The van der Waals surface area contributed by atoms with Crippen LogP contribution < -0.4 is 0 Å². The highest BCUT2D eigenvalue weighted by Crippen LogP contribution is 2.12. The second-order valence-electron chi connectivity index (χ2n) is 3.60. The van der Waals surface area contributed by atoms with Gasteiger partial charge in [-0.05, 0) is 51.7 Å². The summed E-state index contributed by atoms with van der Waals surface area (Å²) in [6.07, 6.45) is 1.10. The molecule has 0 radical (unpaired) electrons. The van der Waals surface area contributed by atoms with Gasteiger partial charge in [0.15, 0.2) is 0 Å². The first-order valence-corrected chi connectivity index (χ1v) is 6.98. The number of Topliss-reactive ketones (excluding diaryl/α,β-unsaturated/α-hetero) is 1. The van der Waals surface area contributed by atoms with E-state index in [9.17, 15) is 4.79 Å². The second kappa shape index (κ2) is 5.59. The van der Waals surface area contributed by atoms with E-state index in [1.807, 2.05) is 41.8 Å². The second-order valence-corrected chi connectivity index (χ2v) is 5.88. The zero-order chi connectivity index (χ0) is 11.4. The zero-order valence-electron chi connectivity index (χ0n) is 8.65. The Kier molecular flexibility index (Phi) is 4.12. The van der Waals surface area contributed by atoms with Crippen LogP contribution in [-0.2, 0) is 17.6 Å². The van der Waals surface area contributed by atoms with Gasteiger partial charge in [-0.1, -0.05) is 18.2 Å². The quantitative estimate of drug-likeness (QED) is 0.775. The molecule has 1 aromatic heterocycles. The van der Waals surface area contributed by atoms with Gasteiger partial charge in [-0.3, -0.25) is 4.79 Å². The molecule has 82 valence electrons. The van der Waals surface area contributed by atoms with Gasteiger partial charge in [-0.25, -0.2) is 0 Å². The molecule has 0 spiro atoms. The number of benzene rings is 1. The predicted molar refractivity (Wildman–Crippen MR) is 75.9 cm³/mol. The van der Waals surface area contributed by atoms with Crippen molar-refractivity contribution in [1.29, 1.82) is 0 Å². The first-order valence-electron chi connectivity index (χ1n) is 5.02. The van der Waals surface area contributed by atoms with Gasteiger partial charge in [0, 0.05) is 21.3 Å². The minimum absolute atomic E-state index is 0.281. The predicted octanol–water partition coefficient (Wildman–Crippen LogP) is 3.71. The molecule has 0 unspecified atom stereocenters. The molecule has 0 N–H and O–H groups in total. The average molecular weight is 342 g/mol. The molecule has 0 fully saturated rings. The third kappa shape index (κ3) is 3.42. The summed E-state index contributed by atoms with van der Waals surface area (Å²) >= 11 is 3.91. The van der Waals surface area contributed by atoms with Crippen LogP contribution in [0, 0.1) is 3.57 Å². The molecule has 0 aliphatic carbocycles. The van der Waals surface area contributed by atoms with Crippen LogP contribution in [0.5, 0.6) is 0 Å². The normalized spacial score (nSPS) is 10.3. The number of thiophene rings is 1. The molecular weight excluding hydrogens is 331 g/mol. The van der Waals surface area contributed by atoms with E-state index in [1.165, 1.54) is 3.57 Å². The highest BCUT2D eigenvalue weighted by Gasteiger charge is 2.05. The molecule has 0 amide bonds. The highest BCUT2D eigenvalue weighted by atomic mass is 127. The van der Waals surface area contributed by atoms with Crippen molar-refractivity contribution in [3.63, 3.8) is 0 Å². The fourth-order valence-corrected chi connectivity index (χ4v) is 2.59. The van der Waals surface area contributed by atoms with Crippen LogP contribution in [0.4, 0.5) is 0 Å². The number of hydrogen-bond acceptors (Lipinski definition) is 2. The molecule has 0 aliphatic rings.